The number of hydrogen-bond donors (Lipinski definition) is 4. The van der Waals surface area contributed by atoms with Crippen LogP contribution in [-0.4, -0.2) is 74.1 Å². The van der Waals surface area contributed by atoms with E-state index in [2.05, 4.69) is 59.9 Å². The molecule has 10 heteroatoms. The molecule has 5 aliphatic rings. The second kappa shape index (κ2) is 13.8. The van der Waals surface area contributed by atoms with Gasteiger partial charge in [-0.2, -0.15) is 0 Å². The normalized spacial score (nSPS) is 42.5. The van der Waals surface area contributed by atoms with Crippen molar-refractivity contribution in [2.75, 3.05) is 32.9 Å². The zero-order chi connectivity index (χ0) is 36.2. The van der Waals surface area contributed by atoms with Crippen molar-refractivity contribution in [2.45, 2.75) is 125 Å². The Hall–Kier alpha value is -2.01. The average molecular weight is 688 g/mol. The Morgan fingerprint density at radius 1 is 1.08 bits per heavy atom. The predicted octanol–water partition coefficient (Wildman–Crippen LogP) is 5.07. The van der Waals surface area contributed by atoms with Crippen LogP contribution in [-0.2, 0) is 28.6 Å². The molecule has 6 N–H and O–H groups in total. The lowest BCUT2D eigenvalue weighted by atomic mass is 9.34. The number of carboxylic acid groups (broad SMARTS) is 1. The Morgan fingerprint density at radius 2 is 1.80 bits per heavy atom. The van der Waals surface area contributed by atoms with Gasteiger partial charge in [0.05, 0.1) is 31.8 Å². The lowest BCUT2D eigenvalue weighted by molar-refractivity contribution is -0.266. The van der Waals surface area contributed by atoms with E-state index in [0.717, 1.165) is 25.7 Å². The van der Waals surface area contributed by atoms with Crippen LogP contribution in [0.5, 0.6) is 0 Å². The monoisotopic (exact) mass is 687 g/mol. The Kier molecular flexibility index (Phi) is 10.8. The number of allylic oxidation sites excluding steroid dienone is 1. The first kappa shape index (κ1) is 38.2. The molecule has 0 radical (unpaired) electrons. The molecule has 3 saturated carbocycles. The highest BCUT2D eigenvalue weighted by Gasteiger charge is 2.72. The van der Waals surface area contributed by atoms with E-state index in [4.69, 9.17) is 25.7 Å². The van der Waals surface area contributed by atoms with Crippen LogP contribution < -0.4 is 16.8 Å². The van der Waals surface area contributed by atoms with E-state index in [9.17, 15) is 19.5 Å². The third kappa shape index (κ3) is 6.08. The molecule has 0 aromatic rings. The van der Waals surface area contributed by atoms with Crippen LogP contribution in [0.15, 0.2) is 11.6 Å². The van der Waals surface area contributed by atoms with Crippen LogP contribution in [0.3, 0.4) is 0 Å². The molecule has 0 spiro atoms. The third-order valence-corrected chi connectivity index (χ3v) is 15.1. The molecule has 278 valence electrons. The van der Waals surface area contributed by atoms with Crippen molar-refractivity contribution in [3.63, 3.8) is 0 Å². The molecule has 1 heterocycles. The van der Waals surface area contributed by atoms with Crippen molar-refractivity contribution in [1.29, 1.82) is 0 Å². The Bertz CT molecular complexity index is 1300. The van der Waals surface area contributed by atoms with Crippen molar-refractivity contribution in [3.05, 3.63) is 11.6 Å². The van der Waals surface area contributed by atoms with E-state index in [0.29, 0.717) is 57.9 Å². The Balaban J connectivity index is 1.45. The standard InChI is InChI=1S/C39H65N3O7/c1-23(2)24(3)35(5)15-16-37(7)26-11-12-30-36(6)21-47-22-39(30,27(26)13-14-38(37,8)31(35)34(45)46)20-29(49-25(4)43)32(36)48-19-18-42-33(44)28(41)10-9-17-40/h13,23-24,26,28-32H,9-12,14-22,40-41H2,1-8H3,(H,42,44)(H,45,46)/t24-,26+,28?,29-,30+,31-,32+,35-,36-,37-,38+,39+/m1/s1. The minimum Gasteiger partial charge on any atom is -0.481 e. The number of fused-ring (bicyclic) bond motifs is 3. The summed E-state index contributed by atoms with van der Waals surface area (Å²) in [5.41, 5.74) is 11.3. The molecule has 10 nitrogen and oxygen atoms in total. The van der Waals surface area contributed by atoms with Gasteiger partial charge in [0.1, 0.15) is 12.2 Å². The first-order valence-corrected chi connectivity index (χ1v) is 19.0. The predicted molar refractivity (Wildman–Crippen MR) is 188 cm³/mol. The van der Waals surface area contributed by atoms with Crippen LogP contribution in [0.2, 0.25) is 0 Å². The molecule has 1 aliphatic heterocycles. The minimum absolute atomic E-state index is 0.197. The second-order valence-corrected chi connectivity index (χ2v) is 17.8. The number of hydrogen-bond acceptors (Lipinski definition) is 8. The Morgan fingerprint density at radius 3 is 2.43 bits per heavy atom. The van der Waals surface area contributed by atoms with E-state index in [1.165, 1.54) is 12.5 Å². The molecule has 4 aliphatic carbocycles. The zero-order valence-electron chi connectivity index (χ0n) is 31.4. The number of rotatable bonds is 12. The highest BCUT2D eigenvalue weighted by molar-refractivity contribution is 5.81. The number of esters is 1. The summed E-state index contributed by atoms with van der Waals surface area (Å²) in [5.74, 6) is -0.524. The first-order valence-electron chi connectivity index (χ1n) is 19.0. The van der Waals surface area contributed by atoms with Crippen molar-refractivity contribution >= 4 is 17.8 Å². The summed E-state index contributed by atoms with van der Waals surface area (Å²) in [6.45, 7) is 19.4. The quantitative estimate of drug-likeness (QED) is 0.125. The van der Waals surface area contributed by atoms with Gasteiger partial charge in [0.15, 0.2) is 0 Å². The molecule has 4 fully saturated rings. The summed E-state index contributed by atoms with van der Waals surface area (Å²) >= 11 is 0. The largest absolute Gasteiger partial charge is 0.481 e. The highest BCUT2D eigenvalue weighted by atomic mass is 16.6. The fourth-order valence-electron chi connectivity index (χ4n) is 12.2. The molecular weight excluding hydrogens is 622 g/mol. The summed E-state index contributed by atoms with van der Waals surface area (Å²) in [7, 11) is 0. The zero-order valence-corrected chi connectivity index (χ0v) is 31.4. The van der Waals surface area contributed by atoms with Crippen LogP contribution in [0.4, 0.5) is 0 Å². The van der Waals surface area contributed by atoms with Gasteiger partial charge in [-0.25, -0.2) is 0 Å². The summed E-state index contributed by atoms with van der Waals surface area (Å²) in [5, 5.41) is 13.9. The molecule has 2 bridgehead atoms. The molecule has 5 rings (SSSR count). The summed E-state index contributed by atoms with van der Waals surface area (Å²) in [6, 6.07) is -0.609. The lowest BCUT2D eigenvalue weighted by Gasteiger charge is -2.71. The minimum atomic E-state index is -0.665. The SMILES string of the molecule is CC(=O)O[C@@H]1C[C@@]23COC[C@](C)([C@@H]2CC[C@H]2C3=CC[C@@]3(C)[C@H](C(=O)O)[C@@](C)([C@H](C)C(C)C)CC[C@]23C)[C@H]1OCCNC(=O)C(N)CCCN. The number of carbonyl (C=O) groups excluding carboxylic acids is 2. The molecular formula is C39H65N3O7. The van der Waals surface area contributed by atoms with Gasteiger partial charge in [-0.15, -0.1) is 0 Å². The molecule has 1 amide bonds. The molecule has 1 saturated heterocycles. The fraction of sp³-hybridized carbons (Fsp3) is 0.872. The summed E-state index contributed by atoms with van der Waals surface area (Å²) in [6.07, 6.45) is 7.92. The fourth-order valence-corrected chi connectivity index (χ4v) is 12.2. The van der Waals surface area contributed by atoms with Crippen LogP contribution in [0.1, 0.15) is 107 Å². The topological polar surface area (TPSA) is 163 Å². The van der Waals surface area contributed by atoms with Gasteiger partial charge in [0, 0.05) is 24.3 Å². The van der Waals surface area contributed by atoms with Crippen LogP contribution >= 0.6 is 0 Å². The number of aliphatic carboxylic acids is 1. The number of ether oxygens (including phenoxy) is 3. The van der Waals surface area contributed by atoms with Crippen molar-refractivity contribution in [1.82, 2.24) is 5.32 Å². The molecule has 0 aromatic carbocycles. The van der Waals surface area contributed by atoms with Gasteiger partial charge in [-0.05, 0) is 97.8 Å². The highest BCUT2D eigenvalue weighted by Crippen LogP contribution is 2.75. The van der Waals surface area contributed by atoms with Crippen molar-refractivity contribution in [3.8, 4) is 0 Å². The average Bonchev–Trinajstić information content (AvgIpc) is 3.02. The third-order valence-electron chi connectivity index (χ3n) is 15.1. The van der Waals surface area contributed by atoms with E-state index >= 15 is 0 Å². The van der Waals surface area contributed by atoms with E-state index in [1.54, 1.807) is 0 Å². The van der Waals surface area contributed by atoms with E-state index in [-0.39, 0.29) is 52.5 Å². The van der Waals surface area contributed by atoms with Gasteiger partial charge < -0.3 is 36.1 Å². The van der Waals surface area contributed by atoms with Gasteiger partial charge >= 0.3 is 11.9 Å². The molecule has 12 atom stereocenters. The maximum atomic E-state index is 13.4. The number of carboxylic acids is 1. The molecule has 1 unspecified atom stereocenters. The van der Waals surface area contributed by atoms with Crippen molar-refractivity contribution in [2.24, 2.45) is 68.1 Å². The number of nitrogens with one attached hydrogen (secondary N) is 1. The van der Waals surface area contributed by atoms with E-state index in [1.807, 2.05) is 0 Å². The van der Waals surface area contributed by atoms with Gasteiger partial charge in [-0.1, -0.05) is 60.1 Å². The first-order chi connectivity index (χ1) is 22.9. The summed E-state index contributed by atoms with van der Waals surface area (Å²) in [4.78, 5) is 38.5. The smallest absolute Gasteiger partial charge is 0.307 e. The van der Waals surface area contributed by atoms with Gasteiger partial charge in [0.2, 0.25) is 5.91 Å². The van der Waals surface area contributed by atoms with Gasteiger partial charge in [-0.3, -0.25) is 14.4 Å². The summed E-state index contributed by atoms with van der Waals surface area (Å²) < 4.78 is 19.2. The van der Waals surface area contributed by atoms with Crippen molar-refractivity contribution < 1.29 is 33.7 Å². The molecule has 49 heavy (non-hydrogen) atoms. The lowest BCUT2D eigenvalue weighted by Crippen LogP contribution is -2.70. The van der Waals surface area contributed by atoms with Crippen LogP contribution in [0.25, 0.3) is 0 Å². The van der Waals surface area contributed by atoms with E-state index < -0.39 is 41.0 Å². The van der Waals surface area contributed by atoms with Gasteiger partial charge in [0.25, 0.3) is 0 Å². The van der Waals surface area contributed by atoms with Crippen LogP contribution in [0, 0.1) is 56.7 Å². The number of carbonyl (C=O) groups is 3. The number of amides is 1. The maximum Gasteiger partial charge on any atom is 0.307 e. The maximum absolute atomic E-state index is 13.4. The molecule has 0 aromatic heterocycles. The second-order valence-electron chi connectivity index (χ2n) is 17.8. The Labute approximate surface area is 294 Å². The number of nitrogens with two attached hydrogens (primary N) is 2.